The maximum absolute atomic E-state index is 6.04. The van der Waals surface area contributed by atoms with E-state index in [1.54, 1.807) is 31.5 Å². The average molecular weight is 312 g/mol. The van der Waals surface area contributed by atoms with E-state index in [1.807, 2.05) is 13.0 Å². The Labute approximate surface area is 127 Å². The lowest BCUT2D eigenvalue weighted by molar-refractivity contribution is 0.398. The number of anilines is 2. The second kappa shape index (κ2) is 6.20. The molecule has 0 fully saturated rings. The van der Waals surface area contributed by atoms with Gasteiger partial charge in [-0.2, -0.15) is 0 Å². The molecule has 4 nitrogen and oxygen atoms in total. The Morgan fingerprint density at radius 2 is 1.90 bits per heavy atom. The normalized spacial score (nSPS) is 12.0. The molecule has 6 heteroatoms. The number of nitrogen functional groups attached to an aromatic ring is 1. The highest BCUT2D eigenvalue weighted by molar-refractivity contribution is 6.38. The summed E-state index contributed by atoms with van der Waals surface area (Å²) in [6.07, 6.45) is 1.70. The summed E-state index contributed by atoms with van der Waals surface area (Å²) in [6, 6.07) is 7.30. The molecular formula is C14H15Cl2N3O. The third-order valence-electron chi connectivity index (χ3n) is 2.93. The minimum absolute atomic E-state index is 0.0146. The lowest BCUT2D eigenvalue weighted by Gasteiger charge is -2.17. The average Bonchev–Trinajstić information content (AvgIpc) is 2.45. The fraction of sp³-hybridized carbons (Fsp3) is 0.214. The molecule has 2 rings (SSSR count). The maximum atomic E-state index is 6.04. The van der Waals surface area contributed by atoms with Crippen LogP contribution < -0.4 is 15.8 Å². The topological polar surface area (TPSA) is 60.2 Å². The highest BCUT2D eigenvalue weighted by Gasteiger charge is 2.11. The number of aromatic nitrogens is 1. The van der Waals surface area contributed by atoms with E-state index in [-0.39, 0.29) is 6.04 Å². The summed E-state index contributed by atoms with van der Waals surface area (Å²) < 4.78 is 5.02. The molecule has 0 aliphatic heterocycles. The quantitative estimate of drug-likeness (QED) is 0.833. The molecule has 0 unspecified atom stereocenters. The summed E-state index contributed by atoms with van der Waals surface area (Å²) in [5, 5.41) is 4.21. The van der Waals surface area contributed by atoms with Crippen molar-refractivity contribution in [3.05, 3.63) is 46.1 Å². The summed E-state index contributed by atoms with van der Waals surface area (Å²) in [5.74, 6) is 0.571. The van der Waals surface area contributed by atoms with Gasteiger partial charge in [-0.05, 0) is 30.7 Å². The van der Waals surface area contributed by atoms with Crippen LogP contribution in [0, 0.1) is 0 Å². The number of nitrogens with zero attached hydrogens (tertiary/aromatic N) is 1. The zero-order valence-electron chi connectivity index (χ0n) is 11.2. The molecule has 0 spiro atoms. The predicted octanol–water partition coefficient (Wildman–Crippen LogP) is 4.15. The van der Waals surface area contributed by atoms with Gasteiger partial charge < -0.3 is 15.8 Å². The number of hydrogen-bond donors (Lipinski definition) is 2. The van der Waals surface area contributed by atoms with E-state index in [0.29, 0.717) is 21.6 Å². The van der Waals surface area contributed by atoms with Gasteiger partial charge in [-0.25, -0.2) is 4.98 Å². The van der Waals surface area contributed by atoms with Crippen LogP contribution in [0.2, 0.25) is 10.0 Å². The Morgan fingerprint density at radius 3 is 2.40 bits per heavy atom. The van der Waals surface area contributed by atoms with Crippen molar-refractivity contribution >= 4 is 34.6 Å². The molecule has 0 saturated heterocycles. The third-order valence-corrected chi connectivity index (χ3v) is 3.56. The van der Waals surface area contributed by atoms with E-state index >= 15 is 0 Å². The first-order valence-corrected chi connectivity index (χ1v) is 6.78. The molecule has 0 amide bonds. The molecule has 0 aliphatic rings. The lowest BCUT2D eigenvalue weighted by Crippen LogP contribution is -2.07. The predicted molar refractivity (Wildman–Crippen MR) is 83.7 cm³/mol. The first kappa shape index (κ1) is 14.8. The number of halogens is 2. The molecule has 1 atom stereocenters. The molecule has 2 aromatic rings. The van der Waals surface area contributed by atoms with Gasteiger partial charge in [0.05, 0.1) is 34.7 Å². The molecule has 20 heavy (non-hydrogen) atoms. The van der Waals surface area contributed by atoms with Gasteiger partial charge in [0.1, 0.15) is 0 Å². The molecule has 1 aromatic carbocycles. The van der Waals surface area contributed by atoms with Crippen molar-refractivity contribution in [1.82, 2.24) is 4.98 Å². The molecule has 106 valence electrons. The van der Waals surface area contributed by atoms with Gasteiger partial charge in [0.15, 0.2) is 0 Å². The number of ether oxygens (including phenoxy) is 1. The fourth-order valence-corrected chi connectivity index (χ4v) is 2.28. The Bertz CT molecular complexity index is 579. The van der Waals surface area contributed by atoms with Gasteiger partial charge in [0.2, 0.25) is 5.88 Å². The number of benzene rings is 1. The molecule has 0 bridgehead atoms. The van der Waals surface area contributed by atoms with Crippen LogP contribution in [-0.4, -0.2) is 12.1 Å². The number of nitrogens with one attached hydrogen (secondary N) is 1. The SMILES string of the molecule is COc1ccc(N[C@@H](C)c2cc(Cl)c(N)c(Cl)c2)cn1. The lowest BCUT2D eigenvalue weighted by atomic mass is 10.1. The van der Waals surface area contributed by atoms with E-state index in [9.17, 15) is 0 Å². The maximum Gasteiger partial charge on any atom is 0.213 e. The van der Waals surface area contributed by atoms with Gasteiger partial charge in [0, 0.05) is 12.1 Å². The Morgan fingerprint density at radius 1 is 1.25 bits per heavy atom. The first-order valence-electron chi connectivity index (χ1n) is 6.02. The highest BCUT2D eigenvalue weighted by atomic mass is 35.5. The van der Waals surface area contributed by atoms with Crippen LogP contribution in [0.1, 0.15) is 18.5 Å². The molecule has 0 radical (unpaired) electrons. The van der Waals surface area contributed by atoms with Crippen molar-refractivity contribution in [2.24, 2.45) is 0 Å². The van der Waals surface area contributed by atoms with E-state index in [2.05, 4.69) is 10.3 Å². The zero-order chi connectivity index (χ0) is 14.7. The van der Waals surface area contributed by atoms with Crippen LogP contribution in [0.15, 0.2) is 30.5 Å². The Kier molecular flexibility index (Phi) is 4.57. The summed E-state index contributed by atoms with van der Waals surface area (Å²) in [6.45, 7) is 2.00. The fourth-order valence-electron chi connectivity index (χ4n) is 1.77. The van der Waals surface area contributed by atoms with Crippen LogP contribution in [0.5, 0.6) is 5.88 Å². The van der Waals surface area contributed by atoms with Crippen molar-refractivity contribution in [1.29, 1.82) is 0 Å². The minimum atomic E-state index is 0.0146. The minimum Gasteiger partial charge on any atom is -0.481 e. The zero-order valence-corrected chi connectivity index (χ0v) is 12.7. The van der Waals surface area contributed by atoms with Gasteiger partial charge in [0.25, 0.3) is 0 Å². The van der Waals surface area contributed by atoms with Crippen molar-refractivity contribution in [2.75, 3.05) is 18.2 Å². The number of nitrogens with two attached hydrogens (primary N) is 1. The van der Waals surface area contributed by atoms with E-state index in [1.165, 1.54) is 0 Å². The van der Waals surface area contributed by atoms with Crippen LogP contribution >= 0.6 is 23.2 Å². The molecule has 1 heterocycles. The van der Waals surface area contributed by atoms with Gasteiger partial charge in [-0.15, -0.1) is 0 Å². The number of pyridine rings is 1. The van der Waals surface area contributed by atoms with Crippen molar-refractivity contribution in [3.8, 4) is 5.88 Å². The standard InChI is InChI=1S/C14H15Cl2N3O/c1-8(9-5-11(15)14(17)12(16)6-9)19-10-3-4-13(20-2)18-7-10/h3-8,19H,17H2,1-2H3/t8-/m0/s1. The number of hydrogen-bond acceptors (Lipinski definition) is 4. The van der Waals surface area contributed by atoms with E-state index in [4.69, 9.17) is 33.7 Å². The first-order chi connectivity index (χ1) is 9.51. The van der Waals surface area contributed by atoms with Crippen molar-refractivity contribution in [3.63, 3.8) is 0 Å². The number of rotatable bonds is 4. The summed E-state index contributed by atoms with van der Waals surface area (Å²) in [5.41, 5.74) is 7.95. The third kappa shape index (κ3) is 3.26. The van der Waals surface area contributed by atoms with Crippen molar-refractivity contribution in [2.45, 2.75) is 13.0 Å². The van der Waals surface area contributed by atoms with Gasteiger partial charge in [-0.1, -0.05) is 23.2 Å². The smallest absolute Gasteiger partial charge is 0.213 e. The summed E-state index contributed by atoms with van der Waals surface area (Å²) >= 11 is 12.1. The Hall–Kier alpha value is -1.65. The van der Waals surface area contributed by atoms with Crippen molar-refractivity contribution < 1.29 is 4.74 Å². The van der Waals surface area contributed by atoms with E-state index in [0.717, 1.165) is 11.3 Å². The largest absolute Gasteiger partial charge is 0.481 e. The van der Waals surface area contributed by atoms with Crippen LogP contribution in [0.3, 0.4) is 0 Å². The van der Waals surface area contributed by atoms with Crippen LogP contribution in [0.4, 0.5) is 11.4 Å². The molecule has 3 N–H and O–H groups in total. The molecule has 1 aromatic heterocycles. The second-order valence-electron chi connectivity index (χ2n) is 4.35. The summed E-state index contributed by atoms with van der Waals surface area (Å²) in [4.78, 5) is 4.14. The molecular weight excluding hydrogens is 297 g/mol. The molecule has 0 saturated carbocycles. The van der Waals surface area contributed by atoms with E-state index < -0.39 is 0 Å². The van der Waals surface area contributed by atoms with Gasteiger partial charge >= 0.3 is 0 Å². The summed E-state index contributed by atoms with van der Waals surface area (Å²) in [7, 11) is 1.58. The molecule has 0 aliphatic carbocycles. The van der Waals surface area contributed by atoms with Crippen LogP contribution in [-0.2, 0) is 0 Å². The van der Waals surface area contributed by atoms with Crippen LogP contribution in [0.25, 0.3) is 0 Å². The Balaban J connectivity index is 2.16. The monoisotopic (exact) mass is 311 g/mol. The number of methoxy groups -OCH3 is 1. The second-order valence-corrected chi connectivity index (χ2v) is 5.17. The van der Waals surface area contributed by atoms with Gasteiger partial charge in [-0.3, -0.25) is 0 Å². The highest BCUT2D eigenvalue weighted by Crippen LogP contribution is 2.32.